The van der Waals surface area contributed by atoms with Crippen LogP contribution in [0.4, 0.5) is 0 Å². The second kappa shape index (κ2) is 6.74. The number of benzene rings is 1. The number of halogens is 2. The quantitative estimate of drug-likeness (QED) is 0.791. The molecule has 0 aliphatic carbocycles. The van der Waals surface area contributed by atoms with Gasteiger partial charge in [0.1, 0.15) is 0 Å². The summed E-state index contributed by atoms with van der Waals surface area (Å²) < 4.78 is 1.01. The molecule has 0 unspecified atom stereocenters. The smallest absolute Gasteiger partial charge is 0.0489 e. The summed E-state index contributed by atoms with van der Waals surface area (Å²) in [5.74, 6) is 0. The molecule has 0 saturated carbocycles. The molecule has 1 aromatic carbocycles. The maximum absolute atomic E-state index is 6.23. The number of rotatable bonds is 4. The minimum Gasteiger partial charge on any atom is -0.308 e. The molecule has 0 saturated heterocycles. The predicted molar refractivity (Wildman–Crippen MR) is 85.2 cm³/mol. The highest BCUT2D eigenvalue weighted by Gasteiger charge is 2.09. The van der Waals surface area contributed by atoms with Crippen LogP contribution in [-0.4, -0.2) is 12.1 Å². The van der Waals surface area contributed by atoms with Gasteiger partial charge in [0.05, 0.1) is 0 Å². The Hall–Kier alpha value is -0.310. The second-order valence-electron chi connectivity index (χ2n) is 5.43. The van der Waals surface area contributed by atoms with Crippen molar-refractivity contribution in [2.75, 3.05) is 6.54 Å². The molecule has 0 aliphatic heterocycles. The van der Waals surface area contributed by atoms with Gasteiger partial charge in [0, 0.05) is 21.6 Å². The molecule has 0 spiro atoms. The van der Waals surface area contributed by atoms with E-state index in [1.807, 2.05) is 18.2 Å². The average molecular weight is 331 g/mol. The lowest BCUT2D eigenvalue weighted by Crippen LogP contribution is -2.36. The molecule has 1 aromatic rings. The van der Waals surface area contributed by atoms with Gasteiger partial charge in [0.25, 0.3) is 0 Å². The van der Waals surface area contributed by atoms with Crippen molar-refractivity contribution in [2.24, 2.45) is 0 Å². The summed E-state index contributed by atoms with van der Waals surface area (Å²) in [6, 6.07) is 5.99. The van der Waals surface area contributed by atoms with Gasteiger partial charge >= 0.3 is 0 Å². The molecule has 3 heteroatoms. The van der Waals surface area contributed by atoms with E-state index in [2.05, 4.69) is 55.0 Å². The Morgan fingerprint density at radius 2 is 2.06 bits per heavy atom. The van der Waals surface area contributed by atoms with Gasteiger partial charge in [-0.05, 0) is 44.9 Å². The third-order valence-electron chi connectivity index (χ3n) is 2.62. The molecule has 1 rings (SSSR count). The van der Waals surface area contributed by atoms with Gasteiger partial charge in [0.2, 0.25) is 0 Å². The molecule has 0 heterocycles. The molecule has 0 fully saturated rings. The molecule has 0 amide bonds. The molecule has 0 bridgehead atoms. The van der Waals surface area contributed by atoms with E-state index < -0.39 is 0 Å². The Kier molecular flexibility index (Phi) is 5.90. The fourth-order valence-electron chi connectivity index (χ4n) is 1.50. The van der Waals surface area contributed by atoms with Crippen molar-refractivity contribution in [2.45, 2.75) is 39.7 Å². The van der Waals surface area contributed by atoms with Gasteiger partial charge in [-0.25, -0.2) is 0 Å². The summed E-state index contributed by atoms with van der Waals surface area (Å²) in [6.45, 7) is 9.59. The molecule has 18 heavy (non-hydrogen) atoms. The van der Waals surface area contributed by atoms with Crippen molar-refractivity contribution in [1.29, 1.82) is 0 Å². The lowest BCUT2D eigenvalue weighted by molar-refractivity contribution is 0.443. The lowest BCUT2D eigenvalue weighted by atomic mass is 10.1. The molecule has 0 aromatic heterocycles. The molecular formula is C15H21BrClN. The highest BCUT2D eigenvalue weighted by Crippen LogP contribution is 2.24. The van der Waals surface area contributed by atoms with E-state index in [4.69, 9.17) is 11.6 Å². The zero-order valence-electron chi connectivity index (χ0n) is 11.5. The zero-order chi connectivity index (χ0) is 13.8. The van der Waals surface area contributed by atoms with Crippen LogP contribution >= 0.6 is 27.5 Å². The van der Waals surface area contributed by atoms with Gasteiger partial charge in [-0.15, -0.1) is 0 Å². The number of nitrogens with one attached hydrogen (secondary N) is 1. The van der Waals surface area contributed by atoms with E-state index in [1.54, 1.807) is 0 Å². The maximum atomic E-state index is 6.23. The Morgan fingerprint density at radius 3 is 2.56 bits per heavy atom. The average Bonchev–Trinajstić information content (AvgIpc) is 2.25. The van der Waals surface area contributed by atoms with Gasteiger partial charge in [-0.1, -0.05) is 52.2 Å². The Bertz CT molecular complexity index is 433. The SMILES string of the molecule is CC/C(=C/c1ccc(Br)cc1Cl)CNC(C)(C)C. The Labute approximate surface area is 124 Å². The van der Waals surface area contributed by atoms with Gasteiger partial charge in [-0.2, -0.15) is 0 Å². The van der Waals surface area contributed by atoms with Crippen molar-refractivity contribution in [3.8, 4) is 0 Å². The largest absolute Gasteiger partial charge is 0.308 e. The first-order chi connectivity index (χ1) is 8.31. The van der Waals surface area contributed by atoms with Crippen LogP contribution in [0.25, 0.3) is 6.08 Å². The van der Waals surface area contributed by atoms with Crippen LogP contribution < -0.4 is 5.32 Å². The van der Waals surface area contributed by atoms with Crippen molar-refractivity contribution in [3.05, 3.63) is 38.8 Å². The van der Waals surface area contributed by atoms with Crippen molar-refractivity contribution < 1.29 is 0 Å². The summed E-state index contributed by atoms with van der Waals surface area (Å²) in [5.41, 5.74) is 2.57. The third kappa shape index (κ3) is 5.55. The third-order valence-corrected chi connectivity index (χ3v) is 3.44. The summed E-state index contributed by atoms with van der Waals surface area (Å²) in [6.07, 6.45) is 3.20. The summed E-state index contributed by atoms with van der Waals surface area (Å²) in [4.78, 5) is 0. The Morgan fingerprint density at radius 1 is 1.39 bits per heavy atom. The normalized spacial score (nSPS) is 12.9. The van der Waals surface area contributed by atoms with Gasteiger partial charge in [0.15, 0.2) is 0 Å². The molecule has 100 valence electrons. The van der Waals surface area contributed by atoms with Crippen LogP contribution in [0.15, 0.2) is 28.2 Å². The summed E-state index contributed by atoms with van der Waals surface area (Å²) in [7, 11) is 0. The van der Waals surface area contributed by atoms with Crippen LogP contribution in [0.1, 0.15) is 39.7 Å². The Balaban J connectivity index is 2.84. The fourth-order valence-corrected chi connectivity index (χ4v) is 2.22. The minimum absolute atomic E-state index is 0.137. The van der Waals surface area contributed by atoms with Crippen LogP contribution in [0.5, 0.6) is 0 Å². The molecule has 0 atom stereocenters. The van der Waals surface area contributed by atoms with Crippen molar-refractivity contribution >= 4 is 33.6 Å². The van der Waals surface area contributed by atoms with Crippen LogP contribution in [0.3, 0.4) is 0 Å². The lowest BCUT2D eigenvalue weighted by Gasteiger charge is -2.21. The topological polar surface area (TPSA) is 12.0 Å². The molecule has 0 radical (unpaired) electrons. The first-order valence-corrected chi connectivity index (χ1v) is 7.38. The van der Waals surface area contributed by atoms with Crippen LogP contribution in [0.2, 0.25) is 5.02 Å². The monoisotopic (exact) mass is 329 g/mol. The van der Waals surface area contributed by atoms with E-state index >= 15 is 0 Å². The number of hydrogen-bond acceptors (Lipinski definition) is 1. The summed E-state index contributed by atoms with van der Waals surface area (Å²) >= 11 is 9.64. The summed E-state index contributed by atoms with van der Waals surface area (Å²) in [5, 5.41) is 4.29. The zero-order valence-corrected chi connectivity index (χ0v) is 13.8. The van der Waals surface area contributed by atoms with E-state index in [0.29, 0.717) is 0 Å². The van der Waals surface area contributed by atoms with Crippen molar-refractivity contribution in [1.82, 2.24) is 5.32 Å². The molecular weight excluding hydrogens is 310 g/mol. The minimum atomic E-state index is 0.137. The predicted octanol–water partition coefficient (Wildman–Crippen LogP) is 5.28. The van der Waals surface area contributed by atoms with E-state index in [-0.39, 0.29) is 5.54 Å². The van der Waals surface area contributed by atoms with Crippen molar-refractivity contribution in [3.63, 3.8) is 0 Å². The molecule has 1 nitrogen and oxygen atoms in total. The van der Waals surface area contributed by atoms with Crippen LogP contribution in [-0.2, 0) is 0 Å². The van der Waals surface area contributed by atoms with E-state index in [1.165, 1.54) is 5.57 Å². The first kappa shape index (κ1) is 15.7. The van der Waals surface area contributed by atoms with E-state index in [9.17, 15) is 0 Å². The van der Waals surface area contributed by atoms with Gasteiger partial charge < -0.3 is 5.32 Å². The molecule has 1 N–H and O–H groups in total. The molecule has 0 aliphatic rings. The van der Waals surface area contributed by atoms with Crippen LogP contribution in [0, 0.1) is 0 Å². The van der Waals surface area contributed by atoms with E-state index in [0.717, 1.165) is 28.0 Å². The highest BCUT2D eigenvalue weighted by molar-refractivity contribution is 9.10. The number of hydrogen-bond donors (Lipinski definition) is 1. The second-order valence-corrected chi connectivity index (χ2v) is 6.75. The standard InChI is InChI=1S/C15H21BrClN/c1-5-11(10-18-15(2,3)4)8-12-6-7-13(16)9-14(12)17/h6-9,18H,5,10H2,1-4H3/b11-8-. The highest BCUT2D eigenvalue weighted by atomic mass is 79.9. The van der Waals surface area contributed by atoms with Gasteiger partial charge in [-0.3, -0.25) is 0 Å². The maximum Gasteiger partial charge on any atom is 0.0489 e. The fraction of sp³-hybridized carbons (Fsp3) is 0.467. The first-order valence-electron chi connectivity index (χ1n) is 6.21.